The summed E-state index contributed by atoms with van der Waals surface area (Å²) in [5.41, 5.74) is 1.92. The lowest BCUT2D eigenvalue weighted by Crippen LogP contribution is -2.01. The molecule has 150 valence electrons. The number of rotatable bonds is 8. The topological polar surface area (TPSA) is 30.5 Å². The van der Waals surface area contributed by atoms with Crippen LogP contribution in [0.15, 0.2) is 76.2 Å². The van der Waals surface area contributed by atoms with E-state index in [9.17, 15) is 0 Å². The van der Waals surface area contributed by atoms with Crippen LogP contribution in [0.1, 0.15) is 5.56 Å². The van der Waals surface area contributed by atoms with Crippen molar-refractivity contribution in [2.45, 2.75) is 6.54 Å². The predicted octanol–water partition coefficient (Wildman–Crippen LogP) is 8.41. The first-order valence-electron chi connectivity index (χ1n) is 8.70. The fraction of sp³-hybridized carbons (Fsp3) is 0.0909. The molecule has 1 N–H and O–H groups in total. The van der Waals surface area contributed by atoms with Crippen LogP contribution in [-0.2, 0) is 6.54 Å². The van der Waals surface area contributed by atoms with Crippen molar-refractivity contribution < 1.29 is 9.47 Å². The molecular weight excluding hydrogens is 541 g/mol. The van der Waals surface area contributed by atoms with E-state index in [1.165, 1.54) is 0 Å². The Morgan fingerprint density at radius 1 is 0.897 bits per heavy atom. The van der Waals surface area contributed by atoms with Gasteiger partial charge in [-0.2, -0.15) is 0 Å². The number of hydrogen-bond acceptors (Lipinski definition) is 3. The molecule has 0 radical (unpaired) electrons. The standard InChI is InChI=1S/C22H17Br2Cl2NO2/c23-21(24)10-11-28-22-19(25)12-16(13-20(22)26)27-14-15-6-8-18(9-7-15)29-17-4-2-1-3-5-17/h1-10,12-13,27H,11,14H2. The normalized spacial score (nSPS) is 10.3. The monoisotopic (exact) mass is 555 g/mol. The molecular formula is C22H17Br2Cl2NO2. The minimum atomic E-state index is 0.343. The van der Waals surface area contributed by atoms with Crippen molar-refractivity contribution in [3.05, 3.63) is 91.8 Å². The molecule has 0 saturated heterocycles. The van der Waals surface area contributed by atoms with E-state index in [0.717, 1.165) is 26.1 Å². The molecule has 0 unspecified atom stereocenters. The van der Waals surface area contributed by atoms with Gasteiger partial charge in [0.1, 0.15) is 18.1 Å². The molecule has 0 aliphatic rings. The summed E-state index contributed by atoms with van der Waals surface area (Å²) in [5, 5.41) is 4.22. The van der Waals surface area contributed by atoms with Gasteiger partial charge in [-0.05, 0) is 79.9 Å². The van der Waals surface area contributed by atoms with Crippen LogP contribution < -0.4 is 14.8 Å². The lowest BCUT2D eigenvalue weighted by molar-refractivity contribution is 0.363. The van der Waals surface area contributed by atoms with Crippen LogP contribution >= 0.6 is 55.1 Å². The van der Waals surface area contributed by atoms with Gasteiger partial charge in [-0.25, -0.2) is 0 Å². The fourth-order valence-corrected chi connectivity index (χ4v) is 3.35. The van der Waals surface area contributed by atoms with Crippen LogP contribution in [0.5, 0.6) is 17.2 Å². The van der Waals surface area contributed by atoms with Crippen molar-refractivity contribution in [1.82, 2.24) is 0 Å². The van der Waals surface area contributed by atoms with E-state index in [1.807, 2.05) is 60.7 Å². The highest BCUT2D eigenvalue weighted by Gasteiger charge is 2.10. The molecule has 0 atom stereocenters. The number of nitrogens with one attached hydrogen (secondary N) is 1. The lowest BCUT2D eigenvalue weighted by atomic mass is 10.2. The quantitative estimate of drug-likeness (QED) is 0.301. The summed E-state index contributed by atoms with van der Waals surface area (Å²) in [6.45, 7) is 0.965. The highest BCUT2D eigenvalue weighted by atomic mass is 79.9. The van der Waals surface area contributed by atoms with Crippen LogP contribution in [-0.4, -0.2) is 6.61 Å². The maximum Gasteiger partial charge on any atom is 0.157 e. The summed E-state index contributed by atoms with van der Waals surface area (Å²) in [6, 6.07) is 21.2. The van der Waals surface area contributed by atoms with Crippen molar-refractivity contribution in [1.29, 1.82) is 0 Å². The zero-order valence-electron chi connectivity index (χ0n) is 15.2. The van der Waals surface area contributed by atoms with Gasteiger partial charge in [0.25, 0.3) is 0 Å². The Kier molecular flexibility index (Phi) is 8.30. The number of ether oxygens (including phenoxy) is 2. The van der Waals surface area contributed by atoms with Crippen LogP contribution in [0, 0.1) is 0 Å². The van der Waals surface area contributed by atoms with Crippen LogP contribution in [0.2, 0.25) is 10.0 Å². The Morgan fingerprint density at radius 3 is 2.14 bits per heavy atom. The van der Waals surface area contributed by atoms with E-state index in [4.69, 9.17) is 32.7 Å². The molecule has 0 heterocycles. The second kappa shape index (κ2) is 10.9. The largest absolute Gasteiger partial charge is 0.486 e. The van der Waals surface area contributed by atoms with Gasteiger partial charge in [-0.1, -0.05) is 53.5 Å². The third kappa shape index (κ3) is 6.96. The van der Waals surface area contributed by atoms with E-state index in [-0.39, 0.29) is 0 Å². The molecule has 0 spiro atoms. The molecule has 3 nitrogen and oxygen atoms in total. The Morgan fingerprint density at radius 2 is 1.52 bits per heavy atom. The minimum Gasteiger partial charge on any atom is -0.486 e. The van der Waals surface area contributed by atoms with Crippen molar-refractivity contribution in [2.24, 2.45) is 0 Å². The molecule has 0 aliphatic carbocycles. The van der Waals surface area contributed by atoms with Crippen LogP contribution in [0.25, 0.3) is 0 Å². The summed E-state index contributed by atoms with van der Waals surface area (Å²) < 4.78 is 12.2. The van der Waals surface area contributed by atoms with Crippen molar-refractivity contribution >= 4 is 60.7 Å². The maximum absolute atomic E-state index is 6.32. The summed E-state index contributed by atoms with van der Waals surface area (Å²) >= 11 is 19.2. The Labute approximate surface area is 196 Å². The molecule has 0 fully saturated rings. The summed E-state index contributed by atoms with van der Waals surface area (Å²) in [4.78, 5) is 0. The average Bonchev–Trinajstić information content (AvgIpc) is 2.70. The van der Waals surface area contributed by atoms with E-state index < -0.39 is 0 Å². The first-order valence-corrected chi connectivity index (χ1v) is 11.0. The van der Waals surface area contributed by atoms with Crippen LogP contribution in [0.4, 0.5) is 5.69 Å². The van der Waals surface area contributed by atoms with E-state index in [1.54, 1.807) is 12.1 Å². The van der Waals surface area contributed by atoms with E-state index in [2.05, 4.69) is 37.2 Å². The van der Waals surface area contributed by atoms with Crippen molar-refractivity contribution in [3.8, 4) is 17.2 Å². The molecule has 3 aromatic rings. The Bertz CT molecular complexity index is 953. The van der Waals surface area contributed by atoms with Gasteiger partial charge >= 0.3 is 0 Å². The summed E-state index contributed by atoms with van der Waals surface area (Å²) in [5.74, 6) is 2.06. The zero-order chi connectivity index (χ0) is 20.6. The maximum atomic E-state index is 6.32. The number of anilines is 1. The van der Waals surface area contributed by atoms with Gasteiger partial charge < -0.3 is 14.8 Å². The summed E-state index contributed by atoms with van der Waals surface area (Å²) in [6.07, 6.45) is 1.81. The van der Waals surface area contributed by atoms with Gasteiger partial charge in [-0.3, -0.25) is 0 Å². The smallest absolute Gasteiger partial charge is 0.157 e. The van der Waals surface area contributed by atoms with Crippen molar-refractivity contribution in [3.63, 3.8) is 0 Å². The molecule has 0 bridgehead atoms. The Hall–Kier alpha value is -1.66. The van der Waals surface area contributed by atoms with E-state index >= 15 is 0 Å². The zero-order valence-corrected chi connectivity index (χ0v) is 19.9. The second-order valence-corrected chi connectivity index (χ2v) is 9.57. The van der Waals surface area contributed by atoms with Crippen molar-refractivity contribution in [2.75, 3.05) is 11.9 Å². The van der Waals surface area contributed by atoms with E-state index in [0.29, 0.717) is 28.9 Å². The average molecular weight is 558 g/mol. The second-order valence-electron chi connectivity index (χ2n) is 5.99. The molecule has 3 rings (SSSR count). The predicted molar refractivity (Wildman–Crippen MR) is 128 cm³/mol. The third-order valence-electron chi connectivity index (χ3n) is 3.86. The first kappa shape index (κ1) is 22.0. The highest BCUT2D eigenvalue weighted by molar-refractivity contribution is 9.28. The minimum absolute atomic E-state index is 0.343. The van der Waals surface area contributed by atoms with Gasteiger partial charge in [0.05, 0.1) is 13.4 Å². The van der Waals surface area contributed by atoms with Crippen LogP contribution in [0.3, 0.4) is 0 Å². The molecule has 0 aromatic heterocycles. The molecule has 0 saturated carbocycles. The molecule has 7 heteroatoms. The number of hydrogen-bond donors (Lipinski definition) is 1. The van der Waals surface area contributed by atoms with Gasteiger partial charge in [0.15, 0.2) is 5.75 Å². The number of benzene rings is 3. The fourth-order valence-electron chi connectivity index (χ4n) is 2.49. The first-order chi connectivity index (χ1) is 14.0. The highest BCUT2D eigenvalue weighted by Crippen LogP contribution is 2.36. The number of halogens is 4. The molecule has 29 heavy (non-hydrogen) atoms. The molecule has 0 amide bonds. The lowest BCUT2D eigenvalue weighted by Gasteiger charge is -2.12. The summed E-state index contributed by atoms with van der Waals surface area (Å²) in [7, 11) is 0. The van der Waals surface area contributed by atoms with Gasteiger partial charge in [0, 0.05) is 12.2 Å². The third-order valence-corrected chi connectivity index (χ3v) is 5.07. The Balaban J connectivity index is 1.58. The van der Waals surface area contributed by atoms with Gasteiger partial charge in [0.2, 0.25) is 0 Å². The number of para-hydroxylation sites is 1. The molecule has 0 aliphatic heterocycles. The SMILES string of the molecule is Clc1cc(NCc2ccc(Oc3ccccc3)cc2)cc(Cl)c1OCC=C(Br)Br. The van der Waals surface area contributed by atoms with Gasteiger partial charge in [-0.15, -0.1) is 0 Å². The molecule has 3 aromatic carbocycles.